The number of rotatable bonds is 7. The Labute approximate surface area is 146 Å². The molecule has 0 radical (unpaired) electrons. The number of carbonyl (C=O) groups is 1. The van der Waals surface area contributed by atoms with Crippen molar-refractivity contribution in [1.82, 2.24) is 10.2 Å². The van der Waals surface area contributed by atoms with Gasteiger partial charge in [0.15, 0.2) is 11.5 Å². The lowest BCUT2D eigenvalue weighted by atomic mass is 10.1. The van der Waals surface area contributed by atoms with Crippen LogP contribution in [0.2, 0.25) is 0 Å². The molecular weight excluding hydrogens is 323 g/mol. The molecule has 1 heterocycles. The monoisotopic (exact) mass is 344 g/mol. The summed E-state index contributed by atoms with van der Waals surface area (Å²) in [5.41, 5.74) is 2.06. The van der Waals surface area contributed by atoms with Gasteiger partial charge in [-0.25, -0.2) is 4.39 Å². The van der Waals surface area contributed by atoms with Gasteiger partial charge in [-0.3, -0.25) is 9.69 Å². The number of hydrogen-bond acceptors (Lipinski definition) is 4. The summed E-state index contributed by atoms with van der Waals surface area (Å²) >= 11 is 0. The number of hydrogen-bond donors (Lipinski definition) is 1. The minimum Gasteiger partial charge on any atom is -0.454 e. The van der Waals surface area contributed by atoms with Crippen LogP contribution in [-0.2, 0) is 17.8 Å². The first-order chi connectivity index (χ1) is 12.1. The van der Waals surface area contributed by atoms with E-state index in [9.17, 15) is 9.18 Å². The van der Waals surface area contributed by atoms with Gasteiger partial charge in [-0.1, -0.05) is 18.2 Å². The quantitative estimate of drug-likeness (QED) is 0.838. The number of carbonyl (C=O) groups excluding carboxylic acids is 1. The second kappa shape index (κ2) is 7.98. The maximum atomic E-state index is 12.8. The van der Waals surface area contributed by atoms with Crippen molar-refractivity contribution in [1.29, 1.82) is 0 Å². The Morgan fingerprint density at radius 2 is 1.84 bits per heavy atom. The van der Waals surface area contributed by atoms with Crippen molar-refractivity contribution in [3.8, 4) is 11.5 Å². The molecule has 2 aromatic rings. The fourth-order valence-corrected chi connectivity index (χ4v) is 2.71. The zero-order chi connectivity index (χ0) is 17.6. The lowest BCUT2D eigenvalue weighted by molar-refractivity contribution is -0.122. The Bertz CT molecular complexity index is 734. The van der Waals surface area contributed by atoms with Crippen LogP contribution in [0.1, 0.15) is 11.1 Å². The van der Waals surface area contributed by atoms with Crippen LogP contribution in [0.3, 0.4) is 0 Å². The molecule has 0 saturated heterocycles. The van der Waals surface area contributed by atoms with Gasteiger partial charge in [-0.15, -0.1) is 0 Å². The van der Waals surface area contributed by atoms with Crippen molar-refractivity contribution in [3.05, 3.63) is 59.4 Å². The fourth-order valence-electron chi connectivity index (χ4n) is 2.71. The van der Waals surface area contributed by atoms with E-state index in [4.69, 9.17) is 9.47 Å². The maximum absolute atomic E-state index is 12.8. The number of likely N-dealkylation sites (N-methyl/N-ethyl adjacent to an activating group) is 1. The van der Waals surface area contributed by atoms with E-state index >= 15 is 0 Å². The van der Waals surface area contributed by atoms with Gasteiger partial charge >= 0.3 is 0 Å². The molecule has 1 aliphatic rings. The topological polar surface area (TPSA) is 50.8 Å². The van der Waals surface area contributed by atoms with Crippen LogP contribution in [0.15, 0.2) is 42.5 Å². The predicted octanol–water partition coefficient (Wildman–Crippen LogP) is 2.35. The van der Waals surface area contributed by atoms with Gasteiger partial charge in [0, 0.05) is 13.1 Å². The SMILES string of the molecule is CN(CC(=O)NCCc1ccc(F)cc1)Cc1ccc2c(c1)OCO2. The zero-order valence-corrected chi connectivity index (χ0v) is 14.1. The third kappa shape index (κ3) is 4.93. The number of nitrogens with one attached hydrogen (secondary N) is 1. The average molecular weight is 344 g/mol. The largest absolute Gasteiger partial charge is 0.454 e. The van der Waals surface area contributed by atoms with Gasteiger partial charge in [0.25, 0.3) is 0 Å². The molecule has 132 valence electrons. The van der Waals surface area contributed by atoms with Crippen LogP contribution in [0, 0.1) is 5.82 Å². The molecule has 0 aliphatic carbocycles. The highest BCUT2D eigenvalue weighted by atomic mass is 19.1. The Balaban J connectivity index is 1.40. The van der Waals surface area contributed by atoms with Crippen molar-refractivity contribution in [2.45, 2.75) is 13.0 Å². The van der Waals surface area contributed by atoms with E-state index < -0.39 is 0 Å². The summed E-state index contributed by atoms with van der Waals surface area (Å²) < 4.78 is 23.5. The Morgan fingerprint density at radius 3 is 2.64 bits per heavy atom. The number of fused-ring (bicyclic) bond motifs is 1. The fraction of sp³-hybridized carbons (Fsp3) is 0.316. The van der Waals surface area contributed by atoms with Gasteiger partial charge in [0.05, 0.1) is 6.54 Å². The molecule has 6 heteroatoms. The van der Waals surface area contributed by atoms with E-state index in [0.29, 0.717) is 26.1 Å². The molecule has 0 fully saturated rings. The van der Waals surface area contributed by atoms with Gasteiger partial charge in [0.2, 0.25) is 12.7 Å². The second-order valence-electron chi connectivity index (χ2n) is 6.09. The summed E-state index contributed by atoms with van der Waals surface area (Å²) in [6, 6.07) is 12.1. The standard InChI is InChI=1S/C19H21FN2O3/c1-22(11-15-4-7-17-18(10-15)25-13-24-17)12-19(23)21-9-8-14-2-5-16(20)6-3-14/h2-7,10H,8-9,11-13H2,1H3,(H,21,23). The average Bonchev–Trinajstić information content (AvgIpc) is 3.04. The zero-order valence-electron chi connectivity index (χ0n) is 14.1. The lowest BCUT2D eigenvalue weighted by Gasteiger charge is -2.16. The predicted molar refractivity (Wildman–Crippen MR) is 92.0 cm³/mol. The molecule has 0 aromatic heterocycles. The summed E-state index contributed by atoms with van der Waals surface area (Å²) in [6.45, 7) is 1.73. The summed E-state index contributed by atoms with van der Waals surface area (Å²) in [6.07, 6.45) is 0.678. The third-order valence-corrected chi connectivity index (χ3v) is 3.95. The molecule has 1 amide bonds. The molecule has 1 N–H and O–H groups in total. The van der Waals surface area contributed by atoms with E-state index in [-0.39, 0.29) is 18.5 Å². The molecule has 1 aliphatic heterocycles. The maximum Gasteiger partial charge on any atom is 0.234 e. The lowest BCUT2D eigenvalue weighted by Crippen LogP contribution is -2.35. The second-order valence-corrected chi connectivity index (χ2v) is 6.09. The van der Waals surface area contributed by atoms with Crippen LogP contribution in [-0.4, -0.2) is 37.7 Å². The number of benzene rings is 2. The first-order valence-electron chi connectivity index (χ1n) is 8.18. The van der Waals surface area contributed by atoms with E-state index in [1.165, 1.54) is 12.1 Å². The number of amides is 1. The van der Waals surface area contributed by atoms with E-state index in [1.807, 2.05) is 30.1 Å². The first kappa shape index (κ1) is 17.2. The minimum absolute atomic E-state index is 0.0367. The van der Waals surface area contributed by atoms with Crippen LogP contribution < -0.4 is 14.8 Å². The van der Waals surface area contributed by atoms with E-state index in [0.717, 1.165) is 22.6 Å². The molecule has 5 nitrogen and oxygen atoms in total. The highest BCUT2D eigenvalue weighted by molar-refractivity contribution is 5.77. The Kier molecular flexibility index (Phi) is 5.50. The Morgan fingerprint density at radius 1 is 1.12 bits per heavy atom. The molecule has 25 heavy (non-hydrogen) atoms. The molecule has 0 atom stereocenters. The van der Waals surface area contributed by atoms with Crippen LogP contribution in [0.5, 0.6) is 11.5 Å². The molecule has 0 spiro atoms. The molecule has 0 saturated carbocycles. The highest BCUT2D eigenvalue weighted by Crippen LogP contribution is 2.32. The molecule has 0 unspecified atom stereocenters. The molecule has 0 bridgehead atoms. The number of ether oxygens (including phenoxy) is 2. The van der Waals surface area contributed by atoms with Crippen molar-refractivity contribution < 1.29 is 18.7 Å². The third-order valence-electron chi connectivity index (χ3n) is 3.95. The Hall–Kier alpha value is -2.60. The molecule has 2 aromatic carbocycles. The summed E-state index contributed by atoms with van der Waals surface area (Å²) in [5.74, 6) is 1.21. The van der Waals surface area contributed by atoms with Crippen molar-refractivity contribution >= 4 is 5.91 Å². The number of nitrogens with zero attached hydrogens (tertiary/aromatic N) is 1. The normalized spacial score (nSPS) is 12.4. The van der Waals surface area contributed by atoms with Gasteiger partial charge in [0.1, 0.15) is 5.82 Å². The van der Waals surface area contributed by atoms with Gasteiger partial charge < -0.3 is 14.8 Å². The minimum atomic E-state index is -0.252. The summed E-state index contributed by atoms with van der Waals surface area (Å²) in [5, 5.41) is 2.89. The molecule has 3 rings (SSSR count). The van der Waals surface area contributed by atoms with Crippen molar-refractivity contribution in [3.63, 3.8) is 0 Å². The van der Waals surface area contributed by atoms with Crippen LogP contribution >= 0.6 is 0 Å². The van der Waals surface area contributed by atoms with Gasteiger partial charge in [-0.2, -0.15) is 0 Å². The summed E-state index contributed by atoms with van der Waals surface area (Å²) in [7, 11) is 1.89. The van der Waals surface area contributed by atoms with Crippen molar-refractivity contribution in [2.24, 2.45) is 0 Å². The van der Waals surface area contributed by atoms with E-state index in [2.05, 4.69) is 5.32 Å². The van der Waals surface area contributed by atoms with Gasteiger partial charge in [-0.05, 0) is 48.9 Å². The highest BCUT2D eigenvalue weighted by Gasteiger charge is 2.14. The summed E-state index contributed by atoms with van der Waals surface area (Å²) in [4.78, 5) is 14.0. The van der Waals surface area contributed by atoms with Crippen molar-refractivity contribution in [2.75, 3.05) is 26.9 Å². The smallest absolute Gasteiger partial charge is 0.234 e. The van der Waals surface area contributed by atoms with Crippen LogP contribution in [0.25, 0.3) is 0 Å². The number of halogens is 1. The first-order valence-corrected chi connectivity index (χ1v) is 8.18. The molecular formula is C19H21FN2O3. The van der Waals surface area contributed by atoms with Crippen LogP contribution in [0.4, 0.5) is 4.39 Å². The van der Waals surface area contributed by atoms with E-state index in [1.54, 1.807) is 12.1 Å².